The van der Waals surface area contributed by atoms with Gasteiger partial charge in [-0.05, 0) is 60.6 Å². The summed E-state index contributed by atoms with van der Waals surface area (Å²) >= 11 is 7.97. The average molecular weight is 394 g/mol. The number of carbonyl (C=O) groups excluding carboxylic acids is 1. The van der Waals surface area contributed by atoms with Crippen molar-refractivity contribution in [3.8, 4) is 0 Å². The first-order valence-electron chi connectivity index (χ1n) is 5.86. The van der Waals surface area contributed by atoms with Crippen LogP contribution in [0.2, 0.25) is 5.02 Å². The first kappa shape index (κ1) is 14.6. The second kappa shape index (κ2) is 5.28. The van der Waals surface area contributed by atoms with Gasteiger partial charge >= 0.3 is 5.97 Å². The summed E-state index contributed by atoms with van der Waals surface area (Å²) in [6.45, 7) is 2.06. The molecule has 1 aliphatic heterocycles. The lowest BCUT2D eigenvalue weighted by atomic mass is 9.98. The van der Waals surface area contributed by atoms with Crippen molar-refractivity contribution in [2.24, 2.45) is 0 Å². The van der Waals surface area contributed by atoms with Crippen LogP contribution >= 0.6 is 34.2 Å². The highest BCUT2D eigenvalue weighted by Gasteiger charge is 2.46. The molecule has 1 saturated heterocycles. The molecule has 1 amide bonds. The molecule has 0 saturated carbocycles. The molecule has 0 radical (unpaired) electrons. The van der Waals surface area contributed by atoms with Gasteiger partial charge in [0.25, 0.3) is 5.91 Å². The second-order valence-electron chi connectivity index (χ2n) is 4.76. The molecule has 4 nitrogen and oxygen atoms in total. The van der Waals surface area contributed by atoms with Crippen LogP contribution in [0.5, 0.6) is 0 Å². The Hall–Kier alpha value is -0.820. The Balaban J connectivity index is 2.39. The molecule has 1 N–H and O–H groups in total. The van der Waals surface area contributed by atoms with Crippen LogP contribution < -0.4 is 0 Å². The van der Waals surface area contributed by atoms with Gasteiger partial charge in [-0.3, -0.25) is 4.79 Å². The molecule has 1 aromatic carbocycles. The molecule has 6 heteroatoms. The Morgan fingerprint density at radius 3 is 2.79 bits per heavy atom. The monoisotopic (exact) mass is 393 g/mol. The fourth-order valence-corrected chi connectivity index (χ4v) is 3.06. The number of likely N-dealkylation sites (tertiary alicyclic amines) is 1. The van der Waals surface area contributed by atoms with E-state index >= 15 is 0 Å². The standard InChI is InChI=1S/C13H13ClINO3/c1-13(12(18)19)5-2-6-16(13)11(17)9-7-8(14)3-4-10(9)15/h3-4,7H,2,5-6H2,1H3,(H,18,19). The highest BCUT2D eigenvalue weighted by molar-refractivity contribution is 14.1. The summed E-state index contributed by atoms with van der Waals surface area (Å²) in [6.07, 6.45) is 1.18. The third-order valence-electron chi connectivity index (χ3n) is 3.51. The number of aliphatic carboxylic acids is 1. The number of nitrogens with zero attached hydrogens (tertiary/aromatic N) is 1. The Labute approximate surface area is 129 Å². The van der Waals surface area contributed by atoms with Crippen molar-refractivity contribution < 1.29 is 14.7 Å². The molecular weight excluding hydrogens is 381 g/mol. The van der Waals surface area contributed by atoms with Crippen molar-refractivity contribution in [2.45, 2.75) is 25.3 Å². The van der Waals surface area contributed by atoms with Crippen LogP contribution in [0.4, 0.5) is 0 Å². The maximum absolute atomic E-state index is 12.5. The van der Waals surface area contributed by atoms with Gasteiger partial charge in [0.05, 0.1) is 5.56 Å². The van der Waals surface area contributed by atoms with Crippen LogP contribution in [0.25, 0.3) is 0 Å². The zero-order chi connectivity index (χ0) is 14.2. The maximum atomic E-state index is 12.5. The summed E-state index contributed by atoms with van der Waals surface area (Å²) in [5.41, 5.74) is -0.662. The molecule has 1 fully saturated rings. The minimum atomic E-state index is -1.12. The van der Waals surface area contributed by atoms with Crippen molar-refractivity contribution in [3.05, 3.63) is 32.4 Å². The predicted molar refractivity (Wildman–Crippen MR) is 80.5 cm³/mol. The van der Waals surface area contributed by atoms with Crippen LogP contribution in [0.3, 0.4) is 0 Å². The van der Waals surface area contributed by atoms with Crippen LogP contribution in [-0.4, -0.2) is 34.0 Å². The van der Waals surface area contributed by atoms with Gasteiger partial charge in [0.15, 0.2) is 0 Å². The average Bonchev–Trinajstić information content (AvgIpc) is 2.75. The molecular formula is C13H13ClINO3. The first-order valence-corrected chi connectivity index (χ1v) is 7.32. The summed E-state index contributed by atoms with van der Waals surface area (Å²) < 4.78 is 0.770. The van der Waals surface area contributed by atoms with E-state index in [1.165, 1.54) is 4.90 Å². The van der Waals surface area contributed by atoms with Gasteiger partial charge in [0.2, 0.25) is 0 Å². The van der Waals surface area contributed by atoms with Crippen molar-refractivity contribution in [2.75, 3.05) is 6.54 Å². The molecule has 0 aliphatic carbocycles. The molecule has 1 atom stereocenters. The number of rotatable bonds is 2. The largest absolute Gasteiger partial charge is 0.480 e. The molecule has 1 heterocycles. The van der Waals surface area contributed by atoms with E-state index in [9.17, 15) is 14.7 Å². The molecule has 0 aromatic heterocycles. The van der Waals surface area contributed by atoms with E-state index in [1.807, 2.05) is 0 Å². The van der Waals surface area contributed by atoms with E-state index in [0.29, 0.717) is 30.0 Å². The van der Waals surface area contributed by atoms with Crippen molar-refractivity contribution >= 4 is 46.1 Å². The normalized spacial score (nSPS) is 22.6. The summed E-state index contributed by atoms with van der Waals surface area (Å²) in [5, 5.41) is 9.81. The summed E-state index contributed by atoms with van der Waals surface area (Å²) in [4.78, 5) is 25.4. The third-order valence-corrected chi connectivity index (χ3v) is 4.68. The molecule has 1 aromatic rings. The van der Waals surface area contributed by atoms with E-state index in [0.717, 1.165) is 3.57 Å². The van der Waals surface area contributed by atoms with E-state index < -0.39 is 11.5 Å². The summed E-state index contributed by atoms with van der Waals surface area (Å²) in [5.74, 6) is -1.23. The molecule has 102 valence electrons. The van der Waals surface area contributed by atoms with Gasteiger partial charge in [-0.2, -0.15) is 0 Å². The van der Waals surface area contributed by atoms with Crippen molar-refractivity contribution in [1.82, 2.24) is 4.90 Å². The van der Waals surface area contributed by atoms with E-state index in [2.05, 4.69) is 22.6 Å². The van der Waals surface area contributed by atoms with E-state index in [4.69, 9.17) is 11.6 Å². The molecule has 19 heavy (non-hydrogen) atoms. The molecule has 1 aliphatic rings. The Morgan fingerprint density at radius 2 is 2.16 bits per heavy atom. The lowest BCUT2D eigenvalue weighted by Gasteiger charge is -2.31. The third kappa shape index (κ3) is 2.58. The fraction of sp³-hybridized carbons (Fsp3) is 0.385. The molecule has 1 unspecified atom stereocenters. The van der Waals surface area contributed by atoms with Gasteiger partial charge in [0.1, 0.15) is 5.54 Å². The minimum absolute atomic E-state index is 0.269. The molecule has 0 spiro atoms. The number of hydrogen-bond acceptors (Lipinski definition) is 2. The zero-order valence-corrected chi connectivity index (χ0v) is 13.2. The van der Waals surface area contributed by atoms with Crippen molar-refractivity contribution in [3.63, 3.8) is 0 Å². The molecule has 0 bridgehead atoms. The van der Waals surface area contributed by atoms with Gasteiger partial charge in [0, 0.05) is 15.1 Å². The van der Waals surface area contributed by atoms with E-state index in [-0.39, 0.29) is 5.91 Å². The smallest absolute Gasteiger partial charge is 0.329 e. The Morgan fingerprint density at radius 1 is 1.47 bits per heavy atom. The lowest BCUT2D eigenvalue weighted by molar-refractivity contribution is -0.147. The second-order valence-corrected chi connectivity index (χ2v) is 6.36. The number of halogens is 2. The summed E-state index contributed by atoms with van der Waals surface area (Å²) in [6, 6.07) is 5.05. The van der Waals surface area contributed by atoms with Gasteiger partial charge in [-0.25, -0.2) is 4.79 Å². The van der Waals surface area contributed by atoms with Crippen LogP contribution in [0, 0.1) is 3.57 Å². The number of hydrogen-bond donors (Lipinski definition) is 1. The zero-order valence-electron chi connectivity index (χ0n) is 10.3. The maximum Gasteiger partial charge on any atom is 0.329 e. The van der Waals surface area contributed by atoms with Crippen LogP contribution in [-0.2, 0) is 4.79 Å². The number of carbonyl (C=O) groups is 2. The Kier molecular flexibility index (Phi) is 4.06. The number of benzene rings is 1. The molecule has 2 rings (SSSR count). The lowest BCUT2D eigenvalue weighted by Crippen LogP contribution is -2.50. The topological polar surface area (TPSA) is 57.6 Å². The highest BCUT2D eigenvalue weighted by atomic mass is 127. The van der Waals surface area contributed by atoms with Crippen LogP contribution in [0.1, 0.15) is 30.1 Å². The van der Waals surface area contributed by atoms with Gasteiger partial charge in [-0.15, -0.1) is 0 Å². The predicted octanol–water partition coefficient (Wildman–Crippen LogP) is 3.02. The quantitative estimate of drug-likeness (QED) is 0.786. The highest BCUT2D eigenvalue weighted by Crippen LogP contribution is 2.32. The SMILES string of the molecule is CC1(C(=O)O)CCCN1C(=O)c1cc(Cl)ccc1I. The summed E-state index contributed by atoms with van der Waals surface area (Å²) in [7, 11) is 0. The van der Waals surface area contributed by atoms with Crippen molar-refractivity contribution in [1.29, 1.82) is 0 Å². The van der Waals surface area contributed by atoms with Crippen LogP contribution in [0.15, 0.2) is 18.2 Å². The number of carboxylic acid groups (broad SMARTS) is 1. The number of amides is 1. The fourth-order valence-electron chi connectivity index (χ4n) is 2.32. The van der Waals surface area contributed by atoms with E-state index in [1.54, 1.807) is 25.1 Å². The first-order chi connectivity index (χ1) is 8.86. The Bertz CT molecular complexity index is 549. The number of carboxylic acids is 1. The van der Waals surface area contributed by atoms with Gasteiger partial charge < -0.3 is 10.0 Å². The minimum Gasteiger partial charge on any atom is -0.480 e. The van der Waals surface area contributed by atoms with Gasteiger partial charge in [-0.1, -0.05) is 11.6 Å².